The Morgan fingerprint density at radius 1 is 0.969 bits per heavy atom. The second kappa shape index (κ2) is 10.8. The van der Waals surface area contributed by atoms with Gasteiger partial charge >= 0.3 is 0 Å². The number of benzene rings is 1. The van der Waals surface area contributed by atoms with Gasteiger partial charge in [-0.25, -0.2) is 4.98 Å². The summed E-state index contributed by atoms with van der Waals surface area (Å²) in [7, 11) is 2.16. The van der Waals surface area contributed by atoms with Gasteiger partial charge in [0.15, 0.2) is 5.13 Å². The Labute approximate surface area is 196 Å². The number of carbonyl (C=O) groups is 2. The van der Waals surface area contributed by atoms with Crippen molar-refractivity contribution in [2.24, 2.45) is 0 Å². The third-order valence-electron chi connectivity index (χ3n) is 5.29. The summed E-state index contributed by atoms with van der Waals surface area (Å²) in [5.74, 6) is -0.229. The number of thiophene rings is 1. The van der Waals surface area contributed by atoms with Crippen molar-refractivity contribution in [1.82, 2.24) is 14.8 Å². The third kappa shape index (κ3) is 6.70. The molecule has 3 heterocycles. The second-order valence-electron chi connectivity index (χ2n) is 7.95. The van der Waals surface area contributed by atoms with E-state index in [1.54, 1.807) is 16.7 Å². The molecule has 7 nitrogen and oxygen atoms in total. The normalized spacial score (nSPS) is 14.9. The van der Waals surface area contributed by atoms with Crippen LogP contribution in [0.1, 0.15) is 16.1 Å². The lowest BCUT2D eigenvalue weighted by molar-refractivity contribution is -0.116. The van der Waals surface area contributed by atoms with Crippen LogP contribution in [0.25, 0.3) is 0 Å². The molecular weight excluding hydrogens is 442 g/mol. The molecule has 2 amide bonds. The molecule has 3 aromatic rings. The number of carbonyl (C=O) groups excluding carboxylic acids is 2. The van der Waals surface area contributed by atoms with E-state index in [4.69, 9.17) is 0 Å². The summed E-state index contributed by atoms with van der Waals surface area (Å²) in [6.07, 6.45) is 0.498. The number of hydrogen-bond acceptors (Lipinski definition) is 7. The average molecular weight is 470 g/mol. The Morgan fingerprint density at radius 2 is 1.72 bits per heavy atom. The van der Waals surface area contributed by atoms with Gasteiger partial charge < -0.3 is 15.5 Å². The van der Waals surface area contributed by atoms with Crippen LogP contribution in [0.4, 0.5) is 10.8 Å². The molecule has 32 heavy (non-hydrogen) atoms. The van der Waals surface area contributed by atoms with E-state index in [2.05, 4.69) is 44.6 Å². The molecule has 0 unspecified atom stereocenters. The number of aromatic nitrogens is 1. The van der Waals surface area contributed by atoms with E-state index < -0.39 is 0 Å². The van der Waals surface area contributed by atoms with E-state index in [0.29, 0.717) is 17.2 Å². The number of amides is 2. The Morgan fingerprint density at radius 3 is 2.44 bits per heavy atom. The van der Waals surface area contributed by atoms with Gasteiger partial charge in [0.25, 0.3) is 0 Å². The molecule has 0 radical (unpaired) electrons. The minimum atomic E-state index is -0.126. The molecule has 1 saturated heterocycles. The quantitative estimate of drug-likeness (QED) is 0.529. The van der Waals surface area contributed by atoms with Crippen molar-refractivity contribution in [2.75, 3.05) is 43.9 Å². The van der Waals surface area contributed by atoms with Gasteiger partial charge in [-0.3, -0.25) is 14.5 Å². The molecule has 1 aliphatic rings. The molecule has 2 aromatic heterocycles. The summed E-state index contributed by atoms with van der Waals surface area (Å²) in [5, 5.41) is 10.00. The lowest BCUT2D eigenvalue weighted by atomic mass is 10.1. The summed E-state index contributed by atoms with van der Waals surface area (Å²) in [6.45, 7) is 5.30. The lowest BCUT2D eigenvalue weighted by Gasteiger charge is -2.32. The first-order valence-corrected chi connectivity index (χ1v) is 12.4. The zero-order chi connectivity index (χ0) is 22.3. The van der Waals surface area contributed by atoms with Crippen molar-refractivity contribution >= 4 is 45.3 Å². The van der Waals surface area contributed by atoms with Crippen LogP contribution in [-0.2, 0) is 29.0 Å². The molecule has 0 spiro atoms. The number of likely N-dealkylation sites (N-methyl/N-ethyl adjacent to an activating group) is 1. The minimum absolute atomic E-state index is 0.102. The molecule has 4 rings (SSSR count). The topological polar surface area (TPSA) is 77.6 Å². The number of thiazole rings is 1. The third-order valence-corrected chi connectivity index (χ3v) is 6.98. The van der Waals surface area contributed by atoms with Gasteiger partial charge in [0.2, 0.25) is 11.8 Å². The fraction of sp³-hybridized carbons (Fsp3) is 0.348. The van der Waals surface area contributed by atoms with Crippen LogP contribution < -0.4 is 10.6 Å². The van der Waals surface area contributed by atoms with Crippen molar-refractivity contribution in [3.63, 3.8) is 0 Å². The van der Waals surface area contributed by atoms with Crippen molar-refractivity contribution in [3.8, 4) is 0 Å². The highest BCUT2D eigenvalue weighted by atomic mass is 32.1. The van der Waals surface area contributed by atoms with Crippen molar-refractivity contribution in [3.05, 3.63) is 63.3 Å². The monoisotopic (exact) mass is 469 g/mol. The molecular formula is C23H27N5O2S2. The van der Waals surface area contributed by atoms with Crippen LogP contribution in [0.15, 0.2) is 47.2 Å². The first-order valence-electron chi connectivity index (χ1n) is 10.6. The molecule has 9 heteroatoms. The van der Waals surface area contributed by atoms with Gasteiger partial charge in [0.1, 0.15) is 0 Å². The highest BCUT2D eigenvalue weighted by Crippen LogP contribution is 2.18. The summed E-state index contributed by atoms with van der Waals surface area (Å²) < 4.78 is 0. The van der Waals surface area contributed by atoms with E-state index in [1.807, 2.05) is 29.6 Å². The van der Waals surface area contributed by atoms with Crippen LogP contribution >= 0.6 is 22.7 Å². The number of hydrogen-bond donors (Lipinski definition) is 2. The van der Waals surface area contributed by atoms with E-state index in [-0.39, 0.29) is 18.2 Å². The van der Waals surface area contributed by atoms with Crippen LogP contribution in [0, 0.1) is 0 Å². The summed E-state index contributed by atoms with van der Waals surface area (Å²) in [5.41, 5.74) is 2.66. The van der Waals surface area contributed by atoms with E-state index >= 15 is 0 Å². The highest BCUT2D eigenvalue weighted by molar-refractivity contribution is 7.14. The van der Waals surface area contributed by atoms with Crippen LogP contribution in [0.5, 0.6) is 0 Å². The van der Waals surface area contributed by atoms with Gasteiger partial charge in [-0.05, 0) is 36.2 Å². The Balaban J connectivity index is 1.22. The summed E-state index contributed by atoms with van der Waals surface area (Å²) >= 11 is 2.88. The van der Waals surface area contributed by atoms with Crippen molar-refractivity contribution < 1.29 is 9.59 Å². The molecule has 168 valence electrons. The van der Waals surface area contributed by atoms with E-state index in [1.165, 1.54) is 16.9 Å². The molecule has 0 saturated carbocycles. The van der Waals surface area contributed by atoms with Crippen LogP contribution in [-0.4, -0.2) is 59.8 Å². The molecule has 0 bridgehead atoms. The zero-order valence-electron chi connectivity index (χ0n) is 18.0. The lowest BCUT2D eigenvalue weighted by Crippen LogP contribution is -2.43. The largest absolute Gasteiger partial charge is 0.326 e. The van der Waals surface area contributed by atoms with Crippen LogP contribution in [0.3, 0.4) is 0 Å². The maximum absolute atomic E-state index is 12.4. The molecule has 0 aliphatic carbocycles. The molecule has 2 N–H and O–H groups in total. The molecule has 0 atom stereocenters. The van der Waals surface area contributed by atoms with Gasteiger partial charge in [-0.2, -0.15) is 0 Å². The maximum Gasteiger partial charge on any atom is 0.231 e. The number of nitrogens with one attached hydrogen (secondary N) is 2. The number of rotatable bonds is 8. The van der Waals surface area contributed by atoms with Gasteiger partial charge in [-0.1, -0.05) is 18.2 Å². The minimum Gasteiger partial charge on any atom is -0.326 e. The van der Waals surface area contributed by atoms with E-state index in [9.17, 15) is 9.59 Å². The summed E-state index contributed by atoms with van der Waals surface area (Å²) in [6, 6.07) is 11.9. The number of piperazine rings is 1. The van der Waals surface area contributed by atoms with Gasteiger partial charge in [-0.15, -0.1) is 22.7 Å². The van der Waals surface area contributed by atoms with Gasteiger partial charge in [0, 0.05) is 48.7 Å². The molecule has 1 fully saturated rings. The Hall–Kier alpha value is -2.59. The zero-order valence-corrected chi connectivity index (χ0v) is 19.7. The second-order valence-corrected chi connectivity index (χ2v) is 9.84. The number of nitrogens with zero attached hydrogens (tertiary/aromatic N) is 3. The summed E-state index contributed by atoms with van der Waals surface area (Å²) in [4.78, 5) is 34.7. The predicted molar refractivity (Wildman–Crippen MR) is 130 cm³/mol. The Kier molecular flexibility index (Phi) is 7.64. The smallest absolute Gasteiger partial charge is 0.231 e. The van der Waals surface area contributed by atoms with Crippen LogP contribution in [0.2, 0.25) is 0 Å². The SMILES string of the molecule is CN1CCN(Cc2ccc(NC(=O)Cc3csc(NC(=O)Cc4cccs4)n3)cc2)CC1. The first kappa shape index (κ1) is 22.6. The van der Waals surface area contributed by atoms with Crippen molar-refractivity contribution in [1.29, 1.82) is 0 Å². The maximum atomic E-state index is 12.4. The first-order chi connectivity index (χ1) is 15.5. The molecule has 1 aliphatic heterocycles. The standard InChI is InChI=1S/C23H27N5O2S2/c1-27-8-10-28(11-9-27)15-17-4-6-18(7-5-17)24-21(29)13-19-16-32-23(25-19)26-22(30)14-20-3-2-12-31-20/h2-7,12,16H,8-11,13-15H2,1H3,(H,24,29)(H,25,26,30). The fourth-order valence-electron chi connectivity index (χ4n) is 3.51. The van der Waals surface area contributed by atoms with E-state index in [0.717, 1.165) is 43.3 Å². The van der Waals surface area contributed by atoms with Crippen molar-refractivity contribution in [2.45, 2.75) is 19.4 Å². The predicted octanol–water partition coefficient (Wildman–Crippen LogP) is 3.31. The molecule has 1 aromatic carbocycles. The fourth-order valence-corrected chi connectivity index (χ4v) is 4.94. The Bertz CT molecular complexity index is 1030. The highest BCUT2D eigenvalue weighted by Gasteiger charge is 2.14. The number of anilines is 2. The van der Waals surface area contributed by atoms with Gasteiger partial charge in [0.05, 0.1) is 18.5 Å². The average Bonchev–Trinajstić information content (AvgIpc) is 3.43.